The Morgan fingerprint density at radius 1 is 1.50 bits per heavy atom. The predicted molar refractivity (Wildman–Crippen MR) is 87.0 cm³/mol. The van der Waals surface area contributed by atoms with Gasteiger partial charge in [0.15, 0.2) is 11.6 Å². The molecule has 1 aliphatic rings. The van der Waals surface area contributed by atoms with E-state index in [1.165, 1.54) is 6.07 Å². The summed E-state index contributed by atoms with van der Waals surface area (Å²) in [4.78, 5) is 11.9. The topological polar surface area (TPSA) is 50.4 Å². The minimum atomic E-state index is -0.377. The first-order valence-corrected chi connectivity index (χ1v) is 7.60. The second-order valence-electron chi connectivity index (χ2n) is 5.38. The van der Waals surface area contributed by atoms with E-state index in [9.17, 15) is 9.18 Å². The van der Waals surface area contributed by atoms with E-state index < -0.39 is 0 Å². The zero-order valence-corrected chi connectivity index (χ0v) is 13.6. The van der Waals surface area contributed by atoms with Crippen LogP contribution in [0, 0.1) is 5.82 Å². The maximum Gasteiger partial charge on any atom is 0.221 e. The van der Waals surface area contributed by atoms with Crippen molar-refractivity contribution in [3.8, 4) is 5.75 Å². The normalized spacial score (nSPS) is 18.4. The van der Waals surface area contributed by atoms with Gasteiger partial charge in [-0.1, -0.05) is 19.1 Å². The minimum absolute atomic E-state index is 0. The van der Waals surface area contributed by atoms with E-state index >= 15 is 0 Å². The van der Waals surface area contributed by atoms with Gasteiger partial charge in [0.25, 0.3) is 0 Å². The van der Waals surface area contributed by atoms with E-state index in [-0.39, 0.29) is 42.0 Å². The number of carbonyl (C=O) groups is 1. The van der Waals surface area contributed by atoms with Gasteiger partial charge in [-0.2, -0.15) is 0 Å². The van der Waals surface area contributed by atoms with Crippen LogP contribution in [0.25, 0.3) is 0 Å². The quantitative estimate of drug-likeness (QED) is 0.808. The van der Waals surface area contributed by atoms with E-state index in [0.29, 0.717) is 19.4 Å². The number of ether oxygens (including phenoxy) is 1. The van der Waals surface area contributed by atoms with Crippen molar-refractivity contribution in [2.45, 2.75) is 44.8 Å². The zero-order chi connectivity index (χ0) is 15.1. The lowest BCUT2D eigenvalue weighted by molar-refractivity contribution is -0.121. The molecule has 1 amide bonds. The third-order valence-electron chi connectivity index (χ3n) is 3.71. The Balaban J connectivity index is 0.00000242. The summed E-state index contributed by atoms with van der Waals surface area (Å²) in [5.41, 5.74) is 0. The molecular weight excluding hydrogens is 307 g/mol. The lowest BCUT2D eigenvalue weighted by Gasteiger charge is -2.19. The minimum Gasteiger partial charge on any atom is -0.486 e. The lowest BCUT2D eigenvalue weighted by Crippen LogP contribution is -2.38. The summed E-state index contributed by atoms with van der Waals surface area (Å²) in [5, 5.41) is 6.17. The van der Waals surface area contributed by atoms with Crippen LogP contribution in [0.15, 0.2) is 24.3 Å². The number of amides is 1. The van der Waals surface area contributed by atoms with Crippen molar-refractivity contribution in [1.82, 2.24) is 10.6 Å². The number of carbonyl (C=O) groups excluding carboxylic acids is 1. The summed E-state index contributed by atoms with van der Waals surface area (Å²) < 4.78 is 19.1. The molecule has 0 saturated carbocycles. The van der Waals surface area contributed by atoms with E-state index in [1.54, 1.807) is 18.2 Å². The Bertz CT molecular complexity index is 467. The Labute approximate surface area is 137 Å². The van der Waals surface area contributed by atoms with Gasteiger partial charge >= 0.3 is 0 Å². The number of para-hydroxylation sites is 1. The summed E-state index contributed by atoms with van der Waals surface area (Å²) in [6.45, 7) is 3.35. The molecule has 0 spiro atoms. The second-order valence-corrected chi connectivity index (χ2v) is 5.38. The van der Waals surface area contributed by atoms with Crippen LogP contribution in [0.2, 0.25) is 0 Å². The molecule has 4 nitrogen and oxygen atoms in total. The molecule has 1 heterocycles. The van der Waals surface area contributed by atoms with E-state index in [2.05, 4.69) is 10.6 Å². The third-order valence-corrected chi connectivity index (χ3v) is 3.71. The highest BCUT2D eigenvalue weighted by Crippen LogP contribution is 2.17. The number of halogens is 2. The lowest BCUT2D eigenvalue weighted by atomic mass is 10.1. The van der Waals surface area contributed by atoms with E-state index in [4.69, 9.17) is 4.74 Å². The molecular formula is C16H24ClFN2O2. The molecule has 2 N–H and O–H groups in total. The van der Waals surface area contributed by atoms with Crippen LogP contribution in [0.5, 0.6) is 5.75 Å². The second kappa shape index (κ2) is 9.64. The average molecular weight is 331 g/mol. The first kappa shape index (κ1) is 18.7. The SMILES string of the molecule is CCC(CNC(=O)CC1CCCN1)Oc1ccccc1F.Cl. The fraction of sp³-hybridized carbons (Fsp3) is 0.562. The largest absolute Gasteiger partial charge is 0.486 e. The maximum absolute atomic E-state index is 13.5. The van der Waals surface area contributed by atoms with Crippen LogP contribution in [-0.2, 0) is 4.79 Å². The van der Waals surface area contributed by atoms with Crippen molar-refractivity contribution in [3.05, 3.63) is 30.1 Å². The zero-order valence-electron chi connectivity index (χ0n) is 12.8. The molecule has 2 rings (SSSR count). The molecule has 1 saturated heterocycles. The van der Waals surface area contributed by atoms with Gasteiger partial charge < -0.3 is 15.4 Å². The predicted octanol–water partition coefficient (Wildman–Crippen LogP) is 2.66. The van der Waals surface area contributed by atoms with Crippen molar-refractivity contribution in [2.24, 2.45) is 0 Å². The fourth-order valence-electron chi connectivity index (χ4n) is 2.44. The van der Waals surface area contributed by atoms with Crippen LogP contribution >= 0.6 is 12.4 Å². The number of hydrogen-bond donors (Lipinski definition) is 2. The van der Waals surface area contributed by atoms with Gasteiger partial charge in [-0.25, -0.2) is 4.39 Å². The van der Waals surface area contributed by atoms with E-state index in [0.717, 1.165) is 19.4 Å². The monoisotopic (exact) mass is 330 g/mol. The summed E-state index contributed by atoms with van der Waals surface area (Å²) in [5.74, 6) is -0.126. The van der Waals surface area contributed by atoms with Gasteiger partial charge in [0.2, 0.25) is 5.91 Å². The summed E-state index contributed by atoms with van der Waals surface area (Å²) in [7, 11) is 0. The van der Waals surface area contributed by atoms with Gasteiger partial charge in [0, 0.05) is 12.5 Å². The van der Waals surface area contributed by atoms with Gasteiger partial charge in [-0.15, -0.1) is 12.4 Å². The van der Waals surface area contributed by atoms with Crippen LogP contribution in [0.1, 0.15) is 32.6 Å². The van der Waals surface area contributed by atoms with Gasteiger partial charge in [0.1, 0.15) is 6.10 Å². The molecule has 1 aliphatic heterocycles. The Morgan fingerprint density at radius 2 is 2.27 bits per heavy atom. The van der Waals surface area contributed by atoms with Crippen LogP contribution in [0.4, 0.5) is 4.39 Å². The van der Waals surface area contributed by atoms with Crippen molar-refractivity contribution in [1.29, 1.82) is 0 Å². The molecule has 124 valence electrons. The number of nitrogens with one attached hydrogen (secondary N) is 2. The van der Waals surface area contributed by atoms with E-state index in [1.807, 2.05) is 6.92 Å². The van der Waals surface area contributed by atoms with Crippen molar-refractivity contribution in [2.75, 3.05) is 13.1 Å². The highest BCUT2D eigenvalue weighted by Gasteiger charge is 2.18. The standard InChI is InChI=1S/C16H23FN2O2.ClH/c1-2-13(21-15-8-4-3-7-14(15)17)11-19-16(20)10-12-6-5-9-18-12;/h3-4,7-8,12-13,18H,2,5-6,9-11H2,1H3,(H,19,20);1H. The Hall–Kier alpha value is -1.33. The molecule has 1 aromatic rings. The van der Waals surface area contributed by atoms with Crippen molar-refractivity contribution in [3.63, 3.8) is 0 Å². The summed E-state index contributed by atoms with van der Waals surface area (Å²) in [6, 6.07) is 6.61. The van der Waals surface area contributed by atoms with Crippen LogP contribution in [-0.4, -0.2) is 31.1 Å². The first-order valence-electron chi connectivity index (χ1n) is 7.60. The molecule has 2 unspecified atom stereocenters. The van der Waals surface area contributed by atoms with Crippen LogP contribution < -0.4 is 15.4 Å². The summed E-state index contributed by atoms with van der Waals surface area (Å²) >= 11 is 0. The van der Waals surface area contributed by atoms with Gasteiger partial charge in [0.05, 0.1) is 6.54 Å². The number of hydrogen-bond acceptors (Lipinski definition) is 3. The first-order chi connectivity index (χ1) is 10.2. The maximum atomic E-state index is 13.5. The average Bonchev–Trinajstić information content (AvgIpc) is 2.98. The molecule has 22 heavy (non-hydrogen) atoms. The molecule has 0 radical (unpaired) electrons. The molecule has 2 atom stereocenters. The van der Waals surface area contributed by atoms with Crippen LogP contribution in [0.3, 0.4) is 0 Å². The van der Waals surface area contributed by atoms with Gasteiger partial charge in [-0.3, -0.25) is 4.79 Å². The highest BCUT2D eigenvalue weighted by molar-refractivity contribution is 5.85. The Kier molecular flexibility index (Phi) is 8.20. The summed E-state index contributed by atoms with van der Waals surface area (Å²) in [6.07, 6.45) is 3.16. The molecule has 1 fully saturated rings. The number of benzene rings is 1. The molecule has 0 bridgehead atoms. The molecule has 0 aliphatic carbocycles. The highest BCUT2D eigenvalue weighted by atomic mass is 35.5. The molecule has 0 aromatic heterocycles. The smallest absolute Gasteiger partial charge is 0.221 e. The van der Waals surface area contributed by atoms with Crippen molar-refractivity contribution < 1.29 is 13.9 Å². The molecule has 6 heteroatoms. The van der Waals surface area contributed by atoms with Gasteiger partial charge in [-0.05, 0) is 37.9 Å². The molecule has 1 aromatic carbocycles. The third kappa shape index (κ3) is 5.81. The fourth-order valence-corrected chi connectivity index (χ4v) is 2.44. The number of rotatable bonds is 7. The van der Waals surface area contributed by atoms with Crippen molar-refractivity contribution >= 4 is 18.3 Å². The Morgan fingerprint density at radius 3 is 2.91 bits per heavy atom.